The summed E-state index contributed by atoms with van der Waals surface area (Å²) in [4.78, 5) is 14.2. The van der Waals surface area contributed by atoms with E-state index in [1.54, 1.807) is 19.0 Å². The van der Waals surface area contributed by atoms with Gasteiger partial charge in [-0.25, -0.2) is 0 Å². The van der Waals surface area contributed by atoms with Crippen molar-refractivity contribution in [1.82, 2.24) is 15.1 Å². The molecule has 27 heavy (non-hydrogen) atoms. The number of hydrogen-bond donors (Lipinski definition) is 0. The van der Waals surface area contributed by atoms with Crippen LogP contribution in [-0.4, -0.2) is 41.7 Å². The number of carbonyl (C=O) groups excluding carboxylic acids is 1. The molecule has 0 saturated carbocycles. The van der Waals surface area contributed by atoms with Crippen LogP contribution < -0.4 is 4.74 Å². The van der Waals surface area contributed by atoms with Crippen LogP contribution in [-0.2, 0) is 4.79 Å². The zero-order chi connectivity index (χ0) is 19.2. The van der Waals surface area contributed by atoms with E-state index in [2.05, 4.69) is 10.2 Å². The Morgan fingerprint density at radius 2 is 1.81 bits per heavy atom. The van der Waals surface area contributed by atoms with Gasteiger partial charge in [0.25, 0.3) is 5.22 Å². The van der Waals surface area contributed by atoms with Crippen molar-refractivity contribution in [3.05, 3.63) is 60.2 Å². The monoisotopic (exact) mass is 383 g/mol. The second kappa shape index (κ2) is 8.73. The Morgan fingerprint density at radius 3 is 2.44 bits per heavy atom. The third kappa shape index (κ3) is 4.68. The molecule has 0 N–H and O–H groups in total. The van der Waals surface area contributed by atoms with Crippen molar-refractivity contribution >= 4 is 17.7 Å². The van der Waals surface area contributed by atoms with E-state index in [0.29, 0.717) is 17.7 Å². The first-order valence-electron chi connectivity index (χ1n) is 8.58. The third-order valence-corrected chi connectivity index (χ3v) is 4.88. The van der Waals surface area contributed by atoms with Gasteiger partial charge in [0.15, 0.2) is 0 Å². The highest BCUT2D eigenvalue weighted by Gasteiger charge is 2.26. The predicted octanol–water partition coefficient (Wildman–Crippen LogP) is 4.06. The Morgan fingerprint density at radius 1 is 1.11 bits per heavy atom. The van der Waals surface area contributed by atoms with Gasteiger partial charge in [-0.15, -0.1) is 10.2 Å². The highest BCUT2D eigenvalue weighted by atomic mass is 32.2. The van der Waals surface area contributed by atoms with Crippen LogP contribution >= 0.6 is 11.8 Å². The highest BCUT2D eigenvalue weighted by Crippen LogP contribution is 2.36. The summed E-state index contributed by atoms with van der Waals surface area (Å²) in [5.74, 6) is 1.16. The number of nitrogens with zero attached hydrogens (tertiary/aromatic N) is 3. The summed E-state index contributed by atoms with van der Waals surface area (Å²) >= 11 is 1.25. The van der Waals surface area contributed by atoms with Crippen molar-refractivity contribution in [3.63, 3.8) is 0 Å². The zero-order valence-corrected chi connectivity index (χ0v) is 16.3. The largest absolute Gasteiger partial charge is 0.494 e. The number of aromatic nitrogens is 2. The summed E-state index contributed by atoms with van der Waals surface area (Å²) in [5, 5.41) is 8.11. The second-order valence-corrected chi connectivity index (χ2v) is 7.03. The summed E-state index contributed by atoms with van der Waals surface area (Å²) in [7, 11) is 3.47. The van der Waals surface area contributed by atoms with E-state index in [0.717, 1.165) is 16.9 Å². The number of amides is 1. The Kier molecular flexibility index (Phi) is 6.13. The fraction of sp³-hybridized carbons (Fsp3) is 0.250. The Labute approximate surface area is 162 Å². The summed E-state index contributed by atoms with van der Waals surface area (Å²) in [6.45, 7) is 2.55. The second-order valence-electron chi connectivity index (χ2n) is 5.97. The molecule has 0 aliphatic carbocycles. The first kappa shape index (κ1) is 19.0. The van der Waals surface area contributed by atoms with Gasteiger partial charge in [-0.1, -0.05) is 30.3 Å². The van der Waals surface area contributed by atoms with Crippen LogP contribution in [0.25, 0.3) is 11.5 Å². The van der Waals surface area contributed by atoms with E-state index >= 15 is 0 Å². The number of hydrogen-bond acceptors (Lipinski definition) is 6. The van der Waals surface area contributed by atoms with Gasteiger partial charge in [0.1, 0.15) is 11.0 Å². The molecule has 3 rings (SSSR count). The van der Waals surface area contributed by atoms with E-state index in [-0.39, 0.29) is 5.91 Å². The fourth-order valence-electron chi connectivity index (χ4n) is 2.46. The third-order valence-electron chi connectivity index (χ3n) is 3.80. The lowest BCUT2D eigenvalue weighted by molar-refractivity contribution is -0.128. The summed E-state index contributed by atoms with van der Waals surface area (Å²) in [6, 6.07) is 17.0. The SMILES string of the molecule is CCOc1ccc(-c2nnc(S[C@@H](C(=O)N(C)C)c3ccccc3)o2)cc1. The molecular formula is C20H21N3O3S. The van der Waals surface area contributed by atoms with Crippen LogP contribution in [0.3, 0.4) is 0 Å². The molecule has 0 spiro atoms. The number of thioether (sulfide) groups is 1. The lowest BCUT2D eigenvalue weighted by atomic mass is 10.1. The minimum atomic E-state index is -0.449. The zero-order valence-electron chi connectivity index (χ0n) is 15.5. The van der Waals surface area contributed by atoms with Crippen molar-refractivity contribution in [2.75, 3.05) is 20.7 Å². The van der Waals surface area contributed by atoms with E-state index in [1.165, 1.54) is 11.8 Å². The Balaban J connectivity index is 1.80. The van der Waals surface area contributed by atoms with Gasteiger partial charge in [-0.05, 0) is 48.5 Å². The number of rotatable bonds is 7. The van der Waals surface area contributed by atoms with Gasteiger partial charge >= 0.3 is 0 Å². The van der Waals surface area contributed by atoms with E-state index in [4.69, 9.17) is 9.15 Å². The van der Waals surface area contributed by atoms with Crippen molar-refractivity contribution < 1.29 is 13.9 Å². The molecule has 0 unspecified atom stereocenters. The Hall–Kier alpha value is -2.80. The molecular weight excluding hydrogens is 362 g/mol. The van der Waals surface area contributed by atoms with Crippen molar-refractivity contribution in [3.8, 4) is 17.2 Å². The molecule has 3 aromatic rings. The maximum absolute atomic E-state index is 12.6. The molecule has 0 bridgehead atoms. The molecule has 140 valence electrons. The van der Waals surface area contributed by atoms with E-state index in [9.17, 15) is 4.79 Å². The average molecular weight is 383 g/mol. The molecule has 0 aliphatic rings. The first-order valence-corrected chi connectivity index (χ1v) is 9.46. The van der Waals surface area contributed by atoms with Gasteiger partial charge in [0.05, 0.1) is 6.61 Å². The molecule has 1 aromatic heterocycles. The molecule has 0 aliphatic heterocycles. The van der Waals surface area contributed by atoms with Crippen LogP contribution in [0, 0.1) is 0 Å². The van der Waals surface area contributed by atoms with Gasteiger partial charge < -0.3 is 14.1 Å². The van der Waals surface area contributed by atoms with Crippen LogP contribution in [0.5, 0.6) is 5.75 Å². The maximum Gasteiger partial charge on any atom is 0.277 e. The van der Waals surface area contributed by atoms with Crippen molar-refractivity contribution in [2.45, 2.75) is 17.4 Å². The maximum atomic E-state index is 12.6. The molecule has 6 nitrogen and oxygen atoms in total. The van der Waals surface area contributed by atoms with Crippen molar-refractivity contribution in [2.24, 2.45) is 0 Å². The van der Waals surface area contributed by atoms with Crippen molar-refractivity contribution in [1.29, 1.82) is 0 Å². The predicted molar refractivity (Wildman–Crippen MR) is 105 cm³/mol. The van der Waals surface area contributed by atoms with Gasteiger partial charge in [-0.2, -0.15) is 0 Å². The molecule has 7 heteroatoms. The smallest absolute Gasteiger partial charge is 0.277 e. The van der Waals surface area contributed by atoms with E-state index in [1.807, 2.05) is 61.5 Å². The minimum Gasteiger partial charge on any atom is -0.494 e. The normalized spacial score (nSPS) is 11.8. The molecule has 2 aromatic carbocycles. The molecule has 1 atom stereocenters. The lowest BCUT2D eigenvalue weighted by Crippen LogP contribution is -2.26. The quantitative estimate of drug-likeness (QED) is 0.573. The molecule has 1 amide bonds. The van der Waals surface area contributed by atoms with Crippen LogP contribution in [0.2, 0.25) is 0 Å². The average Bonchev–Trinajstić information content (AvgIpc) is 3.16. The number of carbonyl (C=O) groups is 1. The highest BCUT2D eigenvalue weighted by molar-refractivity contribution is 8.00. The topological polar surface area (TPSA) is 68.5 Å². The molecule has 0 fully saturated rings. The lowest BCUT2D eigenvalue weighted by Gasteiger charge is -2.18. The van der Waals surface area contributed by atoms with Crippen LogP contribution in [0.1, 0.15) is 17.7 Å². The van der Waals surface area contributed by atoms with Crippen LogP contribution in [0.15, 0.2) is 64.2 Å². The molecule has 0 radical (unpaired) electrons. The first-order chi connectivity index (χ1) is 13.1. The summed E-state index contributed by atoms with van der Waals surface area (Å²) in [6.07, 6.45) is 0. The number of ether oxygens (including phenoxy) is 1. The number of likely N-dealkylation sites (N-methyl/N-ethyl adjacent to an activating group) is 1. The summed E-state index contributed by atoms with van der Waals surface area (Å²) in [5.41, 5.74) is 1.69. The van der Waals surface area contributed by atoms with Gasteiger partial charge in [0, 0.05) is 19.7 Å². The van der Waals surface area contributed by atoms with E-state index < -0.39 is 5.25 Å². The van der Waals surface area contributed by atoms with Gasteiger partial charge in [-0.3, -0.25) is 4.79 Å². The van der Waals surface area contributed by atoms with Gasteiger partial charge in [0.2, 0.25) is 11.8 Å². The van der Waals surface area contributed by atoms with Crippen LogP contribution in [0.4, 0.5) is 0 Å². The number of benzene rings is 2. The molecule has 1 heterocycles. The fourth-order valence-corrected chi connectivity index (χ4v) is 3.48. The summed E-state index contributed by atoms with van der Waals surface area (Å²) < 4.78 is 11.2. The standard InChI is InChI=1S/C20H21N3O3S/c1-4-25-16-12-10-15(11-13-16)18-21-22-20(26-18)27-17(19(24)23(2)3)14-8-6-5-7-9-14/h5-13,17H,4H2,1-3H3/t17-/m1/s1. The minimum absolute atomic E-state index is 0.0352. The Bertz CT molecular complexity index is 879. The molecule has 0 saturated heterocycles.